The number of hydrogen-bond acceptors (Lipinski definition) is 3. The van der Waals surface area contributed by atoms with E-state index in [2.05, 4.69) is 42.0 Å². The van der Waals surface area contributed by atoms with Crippen molar-refractivity contribution in [3.05, 3.63) is 39.0 Å². The molecule has 158 valence electrons. The van der Waals surface area contributed by atoms with E-state index in [1.807, 2.05) is 6.08 Å². The summed E-state index contributed by atoms with van der Waals surface area (Å²) >= 11 is 0.182. The second-order valence-corrected chi connectivity index (χ2v) is 12.6. The van der Waals surface area contributed by atoms with E-state index in [1.165, 1.54) is 31.6 Å². The Hall–Kier alpha value is -0.480. The fourth-order valence-corrected chi connectivity index (χ4v) is 6.64. The molecule has 1 aromatic rings. The molecule has 28 heavy (non-hydrogen) atoms. The van der Waals surface area contributed by atoms with Crippen LogP contribution in [0.25, 0.3) is 5.57 Å². The molecule has 0 radical (unpaired) electrons. The number of halogens is 2. The van der Waals surface area contributed by atoms with Crippen LogP contribution in [0.1, 0.15) is 44.7 Å². The third kappa shape index (κ3) is 7.74. The molecule has 0 saturated carbocycles. The number of rotatable bonds is 8. The Morgan fingerprint density at radius 2 is 2.25 bits per heavy atom. The molecule has 0 unspecified atom stereocenters. The number of hydrogen-bond donors (Lipinski definition) is 0. The number of amides is 1. The van der Waals surface area contributed by atoms with Crippen LogP contribution in [0.5, 0.6) is 0 Å². The fourth-order valence-electron chi connectivity index (χ4n) is 3.03. The number of ether oxygens (including phenoxy) is 2. The van der Waals surface area contributed by atoms with Crippen molar-refractivity contribution in [3.63, 3.8) is 0 Å². The standard InChI is InChI=1S/C22H31I2NO3/c1-5-7-18-12-19(23-4)8-9-21(18)17(6-2)13-22(25-16(3)26)28-15-20-14-27-11-10-24-20/h8-9,12-13,20H,5-7,10-11,14-15H2,1-4H3/q-2/b17-13+,25-22?/t20-/m0/s1. The minimum absolute atomic E-state index is 0.0793. The zero-order valence-corrected chi connectivity index (χ0v) is 21.6. The first-order valence-electron chi connectivity index (χ1n) is 9.78. The van der Waals surface area contributed by atoms with Crippen LogP contribution in [0.3, 0.4) is 0 Å². The topological polar surface area (TPSA) is 47.9 Å². The first-order valence-corrected chi connectivity index (χ1v) is 15.8. The summed E-state index contributed by atoms with van der Waals surface area (Å²) in [5, 5.41) is 0. The van der Waals surface area contributed by atoms with Crippen molar-refractivity contribution in [3.8, 4) is 0 Å². The van der Waals surface area contributed by atoms with Crippen molar-refractivity contribution in [1.29, 1.82) is 0 Å². The van der Waals surface area contributed by atoms with Crippen molar-refractivity contribution in [2.45, 2.75) is 44.0 Å². The quantitative estimate of drug-likeness (QED) is 0.145. The molecule has 1 atom stereocenters. The SMILES string of the molecule is CCCc1cc([I-]C)ccc1/C(=C/C(=NC(C)=O)OC[C@@H]1COCC[I-]1)CC. The van der Waals surface area contributed by atoms with Crippen molar-refractivity contribution >= 4 is 17.4 Å². The van der Waals surface area contributed by atoms with Crippen LogP contribution in [0, 0.1) is 3.57 Å². The predicted octanol–water partition coefficient (Wildman–Crippen LogP) is -2.23. The summed E-state index contributed by atoms with van der Waals surface area (Å²) in [4.78, 5) is 18.1. The van der Waals surface area contributed by atoms with Gasteiger partial charge in [-0.05, 0) is 0 Å². The third-order valence-corrected chi connectivity index (χ3v) is 9.30. The summed E-state index contributed by atoms with van der Waals surface area (Å²) in [5.41, 5.74) is 3.83. The number of carbonyl (C=O) groups is 1. The van der Waals surface area contributed by atoms with Crippen molar-refractivity contribution < 1.29 is 56.7 Å². The maximum absolute atomic E-state index is 11.7. The van der Waals surface area contributed by atoms with Crippen LogP contribution in [0.2, 0.25) is 0 Å². The Morgan fingerprint density at radius 1 is 1.43 bits per heavy atom. The van der Waals surface area contributed by atoms with E-state index >= 15 is 0 Å². The number of aliphatic imine (C=N–C) groups is 1. The zero-order chi connectivity index (χ0) is 20.4. The Bertz CT molecular complexity index is 710. The van der Waals surface area contributed by atoms with Crippen LogP contribution in [-0.4, -0.2) is 44.9 Å². The Morgan fingerprint density at radius 3 is 2.86 bits per heavy atom. The molecule has 1 aliphatic rings. The second-order valence-electron chi connectivity index (χ2n) is 6.56. The van der Waals surface area contributed by atoms with Gasteiger partial charge in [0.1, 0.15) is 0 Å². The summed E-state index contributed by atoms with van der Waals surface area (Å²) in [6, 6.07) is 6.85. The van der Waals surface area contributed by atoms with Gasteiger partial charge in [0.25, 0.3) is 0 Å². The summed E-state index contributed by atoms with van der Waals surface area (Å²) < 4.78 is 14.7. The molecule has 0 N–H and O–H groups in total. The molecule has 0 aromatic heterocycles. The van der Waals surface area contributed by atoms with Crippen molar-refractivity contribution in [2.24, 2.45) is 4.99 Å². The second kappa shape index (κ2) is 13.0. The molecule has 0 aliphatic carbocycles. The number of aryl methyl sites for hydroxylation is 1. The summed E-state index contributed by atoms with van der Waals surface area (Å²) in [6.07, 6.45) is 5.02. The molecule has 0 spiro atoms. The monoisotopic (exact) mass is 611 g/mol. The summed E-state index contributed by atoms with van der Waals surface area (Å²) in [5.74, 6) is 0.213. The molecular weight excluding hydrogens is 580 g/mol. The van der Waals surface area contributed by atoms with Crippen LogP contribution in [0.15, 0.2) is 29.3 Å². The zero-order valence-electron chi connectivity index (χ0n) is 17.3. The average Bonchev–Trinajstić information content (AvgIpc) is 2.71. The summed E-state index contributed by atoms with van der Waals surface area (Å²) in [7, 11) is 0. The van der Waals surface area contributed by atoms with Gasteiger partial charge in [-0.25, -0.2) is 0 Å². The molecule has 1 aliphatic heterocycles. The average molecular weight is 611 g/mol. The van der Waals surface area contributed by atoms with Gasteiger partial charge in [-0.15, -0.1) is 0 Å². The van der Waals surface area contributed by atoms with Crippen LogP contribution < -0.4 is 42.4 Å². The Kier molecular flexibility index (Phi) is 11.0. The molecular formula is C22H31I2NO3-2. The maximum atomic E-state index is 11.7. The predicted molar refractivity (Wildman–Crippen MR) is 107 cm³/mol. The van der Waals surface area contributed by atoms with Gasteiger partial charge >= 0.3 is 191 Å². The first-order chi connectivity index (χ1) is 13.6. The molecule has 1 amide bonds. The molecule has 4 nitrogen and oxygen atoms in total. The van der Waals surface area contributed by atoms with Gasteiger partial charge in [0.05, 0.1) is 0 Å². The Labute approximate surface area is 190 Å². The molecule has 1 fully saturated rings. The van der Waals surface area contributed by atoms with E-state index < -0.39 is 0 Å². The van der Waals surface area contributed by atoms with E-state index in [-0.39, 0.29) is 48.3 Å². The van der Waals surface area contributed by atoms with Gasteiger partial charge in [-0.3, -0.25) is 0 Å². The van der Waals surface area contributed by atoms with Gasteiger partial charge in [0.2, 0.25) is 0 Å². The molecule has 1 aromatic carbocycles. The first kappa shape index (κ1) is 23.8. The number of carbonyl (C=O) groups excluding carboxylic acids is 1. The van der Waals surface area contributed by atoms with Crippen LogP contribution >= 0.6 is 0 Å². The molecule has 6 heteroatoms. The third-order valence-electron chi connectivity index (χ3n) is 4.36. The normalized spacial score (nSPS) is 18.6. The van der Waals surface area contributed by atoms with Crippen LogP contribution in [0.4, 0.5) is 0 Å². The number of nitrogens with zero attached hydrogens (tertiary/aromatic N) is 1. The van der Waals surface area contributed by atoms with E-state index in [9.17, 15) is 4.79 Å². The van der Waals surface area contributed by atoms with Gasteiger partial charge in [0, 0.05) is 0 Å². The van der Waals surface area contributed by atoms with Gasteiger partial charge in [0.15, 0.2) is 0 Å². The number of allylic oxidation sites excluding steroid dienone is 1. The minimum atomic E-state index is -0.226. The van der Waals surface area contributed by atoms with E-state index in [0.717, 1.165) is 32.5 Å². The van der Waals surface area contributed by atoms with Gasteiger partial charge in [-0.2, -0.15) is 0 Å². The molecule has 2 rings (SSSR count). The van der Waals surface area contributed by atoms with Crippen molar-refractivity contribution in [1.82, 2.24) is 0 Å². The van der Waals surface area contributed by atoms with Crippen LogP contribution in [-0.2, 0) is 20.7 Å². The van der Waals surface area contributed by atoms with Crippen molar-refractivity contribution in [2.75, 3.05) is 29.2 Å². The van der Waals surface area contributed by atoms with Gasteiger partial charge < -0.3 is 0 Å². The van der Waals surface area contributed by atoms with Gasteiger partial charge in [-0.1, -0.05) is 0 Å². The summed E-state index contributed by atoms with van der Waals surface area (Å²) in [6.45, 7) is 8.08. The Balaban J connectivity index is 2.27. The molecule has 0 bridgehead atoms. The fraction of sp³-hybridized carbons (Fsp3) is 0.545. The number of benzene rings is 1. The van der Waals surface area contributed by atoms with E-state index in [4.69, 9.17) is 9.47 Å². The number of alkyl halides is 3. The molecule has 1 heterocycles. The van der Waals surface area contributed by atoms with E-state index in [0.29, 0.717) is 16.4 Å². The van der Waals surface area contributed by atoms with E-state index in [1.54, 1.807) is 0 Å². The molecule has 1 saturated heterocycles.